The third-order valence-electron chi connectivity index (χ3n) is 4.32. The van der Waals surface area contributed by atoms with Crippen molar-refractivity contribution in [3.63, 3.8) is 0 Å². The lowest BCUT2D eigenvalue weighted by atomic mass is 10.1. The van der Waals surface area contributed by atoms with Crippen LogP contribution in [0.5, 0.6) is 0 Å². The number of rotatable bonds is 5. The molecule has 1 amide bonds. The molecule has 2 aromatic carbocycles. The van der Waals surface area contributed by atoms with Gasteiger partial charge in [-0.05, 0) is 43.7 Å². The van der Waals surface area contributed by atoms with Gasteiger partial charge in [0.15, 0.2) is 0 Å². The summed E-state index contributed by atoms with van der Waals surface area (Å²) in [5.41, 5.74) is 3.67. The number of fused-ring (bicyclic) bond motifs is 1. The van der Waals surface area contributed by atoms with Gasteiger partial charge in [-0.2, -0.15) is 0 Å². The molecule has 0 bridgehead atoms. The van der Waals surface area contributed by atoms with Crippen molar-refractivity contribution in [2.45, 2.75) is 13.8 Å². The molecule has 0 aliphatic carbocycles. The van der Waals surface area contributed by atoms with E-state index in [0.29, 0.717) is 5.56 Å². The maximum Gasteiger partial charge on any atom is 0.255 e. The fourth-order valence-electron chi connectivity index (χ4n) is 2.64. The van der Waals surface area contributed by atoms with Gasteiger partial charge in [0.2, 0.25) is 0 Å². The van der Waals surface area contributed by atoms with Gasteiger partial charge >= 0.3 is 0 Å². The summed E-state index contributed by atoms with van der Waals surface area (Å²) in [7, 11) is 0. The molecule has 1 aromatic heterocycles. The van der Waals surface area contributed by atoms with E-state index < -0.39 is 0 Å². The number of carbonyl (C=O) groups is 1. The minimum absolute atomic E-state index is 0.126. The van der Waals surface area contributed by atoms with Crippen molar-refractivity contribution in [2.24, 2.45) is 0 Å². The second kappa shape index (κ2) is 8.77. The highest BCUT2D eigenvalue weighted by Gasteiger charge is 2.08. The molecule has 0 spiro atoms. The molecule has 0 unspecified atom stereocenters. The largest absolute Gasteiger partial charge is 0.321 e. The quantitative estimate of drug-likeness (QED) is 0.569. The Labute approximate surface area is 159 Å². The van der Waals surface area contributed by atoms with Crippen molar-refractivity contribution in [3.8, 4) is 0 Å². The lowest BCUT2D eigenvalue weighted by Crippen LogP contribution is -2.12. The lowest BCUT2D eigenvalue weighted by molar-refractivity contribution is 0.102. The summed E-state index contributed by atoms with van der Waals surface area (Å²) in [5.74, 6) is -0.126. The summed E-state index contributed by atoms with van der Waals surface area (Å²) in [4.78, 5) is 16.7. The van der Waals surface area contributed by atoms with Gasteiger partial charge in [0.05, 0.1) is 0 Å². The molecule has 0 aliphatic rings. The van der Waals surface area contributed by atoms with Crippen LogP contribution in [0.1, 0.15) is 29.8 Å². The zero-order chi connectivity index (χ0) is 19.1. The van der Waals surface area contributed by atoms with Crippen LogP contribution in [-0.4, -0.2) is 10.9 Å². The summed E-state index contributed by atoms with van der Waals surface area (Å²) in [6, 6.07) is 15.2. The zero-order valence-corrected chi connectivity index (χ0v) is 15.5. The Bertz CT molecular complexity index is 1020. The van der Waals surface area contributed by atoms with Crippen molar-refractivity contribution in [1.29, 1.82) is 0 Å². The van der Waals surface area contributed by atoms with Gasteiger partial charge in [0.25, 0.3) is 5.91 Å². The molecular weight excluding hydrogens is 332 g/mol. The normalized spacial score (nSPS) is 12.1. The molecule has 0 saturated heterocycles. The first-order valence-corrected chi connectivity index (χ1v) is 8.89. The van der Waals surface area contributed by atoms with Crippen molar-refractivity contribution in [1.82, 2.24) is 4.98 Å². The summed E-state index contributed by atoms with van der Waals surface area (Å²) in [6.07, 6.45) is 13.6. The second-order valence-corrected chi connectivity index (χ2v) is 6.23. The van der Waals surface area contributed by atoms with E-state index in [9.17, 15) is 4.79 Å². The highest BCUT2D eigenvalue weighted by molar-refractivity contribution is 6.09. The number of hydrogen-bond acceptors (Lipinski definition) is 2. The number of nitrogens with one attached hydrogen (secondary N) is 1. The average molecular weight is 354 g/mol. The van der Waals surface area contributed by atoms with Gasteiger partial charge in [-0.3, -0.25) is 9.78 Å². The Kier molecular flexibility index (Phi) is 5.95. The van der Waals surface area contributed by atoms with Crippen LogP contribution in [-0.2, 0) is 0 Å². The van der Waals surface area contributed by atoms with E-state index in [-0.39, 0.29) is 5.91 Å². The van der Waals surface area contributed by atoms with Crippen LogP contribution < -0.4 is 5.32 Å². The predicted molar refractivity (Wildman–Crippen MR) is 114 cm³/mol. The summed E-state index contributed by atoms with van der Waals surface area (Å²) in [6.45, 7) is 4.08. The predicted octanol–water partition coefficient (Wildman–Crippen LogP) is 6.02. The molecule has 27 heavy (non-hydrogen) atoms. The molecule has 1 N–H and O–H groups in total. The first kappa shape index (κ1) is 18.3. The topological polar surface area (TPSA) is 42.0 Å². The van der Waals surface area contributed by atoms with Crippen molar-refractivity contribution >= 4 is 28.4 Å². The van der Waals surface area contributed by atoms with E-state index in [1.54, 1.807) is 12.4 Å². The number of nitrogens with zero attached hydrogens (tertiary/aromatic N) is 1. The Morgan fingerprint density at radius 3 is 2.63 bits per heavy atom. The highest BCUT2D eigenvalue weighted by atomic mass is 16.1. The van der Waals surface area contributed by atoms with Crippen LogP contribution >= 0.6 is 0 Å². The number of benzene rings is 2. The molecule has 0 radical (unpaired) electrons. The van der Waals surface area contributed by atoms with E-state index >= 15 is 0 Å². The van der Waals surface area contributed by atoms with Crippen molar-refractivity contribution < 1.29 is 4.79 Å². The second-order valence-electron chi connectivity index (χ2n) is 6.23. The van der Waals surface area contributed by atoms with E-state index in [1.807, 2.05) is 73.7 Å². The summed E-state index contributed by atoms with van der Waals surface area (Å²) >= 11 is 0. The van der Waals surface area contributed by atoms with Crippen LogP contribution in [0.25, 0.3) is 16.8 Å². The Hall–Kier alpha value is -3.46. The number of aromatic nitrogens is 1. The number of carbonyl (C=O) groups excluding carboxylic acids is 1. The molecule has 1 heterocycles. The number of pyridine rings is 1. The SMILES string of the molecule is C\C=C(C)/C=C\C=C\c1ccc(C(=O)Nc2cccc3cnccc23)cc1. The standard InChI is InChI=1S/C24H22N2O/c1-3-18(2)7-4-5-8-19-11-13-20(14-12-19)24(27)26-23-10-6-9-21-17-25-16-15-22(21)23/h3-17H,1-2H3,(H,26,27)/b7-4-,8-5+,18-3-. The fraction of sp³-hybridized carbons (Fsp3) is 0.0833. The number of amides is 1. The first-order valence-electron chi connectivity index (χ1n) is 8.89. The van der Waals surface area contributed by atoms with E-state index in [1.165, 1.54) is 5.57 Å². The molecular formula is C24H22N2O. The number of anilines is 1. The van der Waals surface area contributed by atoms with Crippen LogP contribution in [0.4, 0.5) is 5.69 Å². The Morgan fingerprint density at radius 2 is 1.85 bits per heavy atom. The maximum absolute atomic E-state index is 12.6. The third kappa shape index (κ3) is 4.79. The zero-order valence-electron chi connectivity index (χ0n) is 15.5. The van der Waals surface area contributed by atoms with Crippen LogP contribution in [0.3, 0.4) is 0 Å². The van der Waals surface area contributed by atoms with Crippen molar-refractivity contribution in [3.05, 3.63) is 102 Å². The monoisotopic (exact) mass is 354 g/mol. The van der Waals surface area contributed by atoms with E-state index in [2.05, 4.69) is 29.4 Å². The molecule has 0 saturated carbocycles. The molecule has 3 rings (SSSR count). The van der Waals surface area contributed by atoms with Gasteiger partial charge in [-0.25, -0.2) is 0 Å². The first-order chi connectivity index (χ1) is 13.2. The number of allylic oxidation sites excluding steroid dienone is 5. The fourth-order valence-corrected chi connectivity index (χ4v) is 2.64. The molecule has 3 heteroatoms. The molecule has 3 aromatic rings. The van der Waals surface area contributed by atoms with Gasteiger partial charge in [-0.15, -0.1) is 0 Å². The smallest absolute Gasteiger partial charge is 0.255 e. The third-order valence-corrected chi connectivity index (χ3v) is 4.32. The van der Waals surface area contributed by atoms with Gasteiger partial charge in [0.1, 0.15) is 0 Å². The van der Waals surface area contributed by atoms with Gasteiger partial charge in [-0.1, -0.05) is 60.2 Å². The average Bonchev–Trinajstić information content (AvgIpc) is 2.71. The molecule has 134 valence electrons. The van der Waals surface area contributed by atoms with Crippen LogP contribution in [0, 0.1) is 0 Å². The van der Waals surface area contributed by atoms with Crippen LogP contribution in [0.2, 0.25) is 0 Å². The van der Waals surface area contributed by atoms with Gasteiger partial charge in [0, 0.05) is 34.4 Å². The van der Waals surface area contributed by atoms with Crippen molar-refractivity contribution in [2.75, 3.05) is 5.32 Å². The minimum Gasteiger partial charge on any atom is -0.321 e. The Morgan fingerprint density at radius 1 is 1.04 bits per heavy atom. The molecule has 0 fully saturated rings. The molecule has 3 nitrogen and oxygen atoms in total. The summed E-state index contributed by atoms with van der Waals surface area (Å²) in [5, 5.41) is 4.96. The molecule has 0 atom stereocenters. The summed E-state index contributed by atoms with van der Waals surface area (Å²) < 4.78 is 0. The van der Waals surface area contributed by atoms with Crippen LogP contribution in [0.15, 0.2) is 90.8 Å². The van der Waals surface area contributed by atoms with E-state index in [4.69, 9.17) is 0 Å². The van der Waals surface area contributed by atoms with E-state index in [0.717, 1.165) is 22.0 Å². The molecule has 0 aliphatic heterocycles. The lowest BCUT2D eigenvalue weighted by Gasteiger charge is -2.08. The maximum atomic E-state index is 12.6. The highest BCUT2D eigenvalue weighted by Crippen LogP contribution is 2.22. The minimum atomic E-state index is -0.126. The Balaban J connectivity index is 1.70. The number of hydrogen-bond donors (Lipinski definition) is 1. The van der Waals surface area contributed by atoms with Gasteiger partial charge < -0.3 is 5.32 Å².